The zero-order chi connectivity index (χ0) is 17.5. The molecule has 0 radical (unpaired) electrons. The topological polar surface area (TPSA) is 78.4 Å². The van der Waals surface area contributed by atoms with Crippen molar-refractivity contribution in [2.75, 3.05) is 7.05 Å². The molecule has 5 nitrogen and oxygen atoms in total. The number of hydrogen-bond acceptors (Lipinski definition) is 3. The normalized spacial score (nSPS) is 28.5. The summed E-state index contributed by atoms with van der Waals surface area (Å²) in [5.41, 5.74) is -0.535. The first kappa shape index (κ1) is 17.4. The van der Waals surface area contributed by atoms with Gasteiger partial charge in [-0.15, -0.1) is 0 Å². The number of rotatable bonds is 3. The van der Waals surface area contributed by atoms with Crippen molar-refractivity contribution in [3.05, 3.63) is 27.7 Å². The summed E-state index contributed by atoms with van der Waals surface area (Å²) in [7, 11) is 1.67. The number of halogens is 2. The van der Waals surface area contributed by atoms with Crippen molar-refractivity contribution < 1.29 is 14.7 Å². The van der Waals surface area contributed by atoms with Crippen molar-refractivity contribution in [1.29, 1.82) is 0 Å². The minimum Gasteiger partial charge on any atom is -0.506 e. The molecule has 0 unspecified atom stereocenters. The van der Waals surface area contributed by atoms with Gasteiger partial charge in [-0.25, -0.2) is 0 Å². The number of hydrogen-bond donors (Lipinski definition) is 3. The van der Waals surface area contributed by atoms with Gasteiger partial charge in [0.2, 0.25) is 5.91 Å². The second-order valence-corrected chi connectivity index (χ2v) is 7.72. The second kappa shape index (κ2) is 6.12. The number of fused-ring (bicyclic) bond motifs is 3. The molecule has 3 aliphatic rings. The van der Waals surface area contributed by atoms with E-state index in [1.165, 1.54) is 12.1 Å². The van der Waals surface area contributed by atoms with Crippen LogP contribution in [0.5, 0.6) is 5.75 Å². The Bertz CT molecular complexity index is 681. The minimum atomic E-state index is -0.383. The van der Waals surface area contributed by atoms with E-state index in [2.05, 4.69) is 10.6 Å². The Balaban J connectivity index is 1.77. The molecule has 4 rings (SSSR count). The number of amides is 2. The van der Waals surface area contributed by atoms with Crippen LogP contribution in [0.15, 0.2) is 12.1 Å². The highest BCUT2D eigenvalue weighted by molar-refractivity contribution is 6.36. The van der Waals surface area contributed by atoms with Gasteiger partial charge >= 0.3 is 0 Å². The highest BCUT2D eigenvalue weighted by atomic mass is 35.5. The summed E-state index contributed by atoms with van der Waals surface area (Å²) in [5.74, 6) is -0.547. The lowest BCUT2D eigenvalue weighted by Gasteiger charge is -2.52. The van der Waals surface area contributed by atoms with Gasteiger partial charge in [0.05, 0.1) is 10.6 Å². The molecule has 3 N–H and O–H groups in total. The summed E-state index contributed by atoms with van der Waals surface area (Å²) in [6, 6.07) is 2.81. The van der Waals surface area contributed by atoms with Crippen LogP contribution < -0.4 is 10.6 Å². The number of benzene rings is 1. The Morgan fingerprint density at radius 2 is 1.67 bits per heavy atom. The van der Waals surface area contributed by atoms with Crippen molar-refractivity contribution in [2.24, 2.45) is 5.41 Å². The SMILES string of the molecule is CNC(=O)C12CCC(NC(=O)c3cc(Cl)cc(Cl)c3O)(CC1)CC2. The zero-order valence-corrected chi connectivity index (χ0v) is 14.9. The second-order valence-electron chi connectivity index (χ2n) is 6.88. The summed E-state index contributed by atoms with van der Waals surface area (Å²) in [4.78, 5) is 24.8. The first-order valence-corrected chi connectivity index (χ1v) is 8.79. The van der Waals surface area contributed by atoms with Gasteiger partial charge < -0.3 is 15.7 Å². The number of phenolic OH excluding ortho intramolecular Hbond substituents is 1. The lowest BCUT2D eigenvalue weighted by Crippen LogP contribution is -2.59. The van der Waals surface area contributed by atoms with E-state index in [4.69, 9.17) is 23.2 Å². The number of nitrogens with one attached hydrogen (secondary N) is 2. The predicted octanol–water partition coefficient (Wildman–Crippen LogP) is 3.27. The molecule has 1 aromatic rings. The molecule has 24 heavy (non-hydrogen) atoms. The fourth-order valence-electron chi connectivity index (χ4n) is 4.03. The van der Waals surface area contributed by atoms with Gasteiger partial charge in [0, 0.05) is 23.0 Å². The van der Waals surface area contributed by atoms with E-state index in [1.54, 1.807) is 7.05 Å². The molecule has 0 saturated heterocycles. The molecule has 3 aliphatic carbocycles. The van der Waals surface area contributed by atoms with Crippen LogP contribution in [0.1, 0.15) is 48.9 Å². The van der Waals surface area contributed by atoms with Crippen LogP contribution in [0.3, 0.4) is 0 Å². The van der Waals surface area contributed by atoms with Crippen LogP contribution in [-0.2, 0) is 4.79 Å². The van der Waals surface area contributed by atoms with Crippen molar-refractivity contribution in [2.45, 2.75) is 44.1 Å². The fraction of sp³-hybridized carbons (Fsp3) is 0.529. The molecule has 0 atom stereocenters. The van der Waals surface area contributed by atoms with E-state index in [0.29, 0.717) is 5.02 Å². The quantitative estimate of drug-likeness (QED) is 0.763. The highest BCUT2D eigenvalue weighted by Gasteiger charge is 2.52. The first-order chi connectivity index (χ1) is 11.3. The molecule has 2 amide bonds. The van der Waals surface area contributed by atoms with E-state index in [9.17, 15) is 14.7 Å². The average Bonchev–Trinajstić information content (AvgIpc) is 2.58. The monoisotopic (exact) mass is 370 g/mol. The van der Waals surface area contributed by atoms with E-state index >= 15 is 0 Å². The number of aromatic hydroxyl groups is 1. The maximum atomic E-state index is 12.6. The highest BCUT2D eigenvalue weighted by Crippen LogP contribution is 2.52. The lowest BCUT2D eigenvalue weighted by atomic mass is 9.57. The van der Waals surface area contributed by atoms with Crippen LogP contribution in [0, 0.1) is 5.41 Å². The van der Waals surface area contributed by atoms with E-state index in [1.807, 2.05) is 0 Å². The van der Waals surface area contributed by atoms with Crippen LogP contribution >= 0.6 is 23.2 Å². The van der Waals surface area contributed by atoms with E-state index in [-0.39, 0.29) is 39.1 Å². The molecule has 7 heteroatoms. The third-order valence-corrected chi connectivity index (χ3v) is 6.11. The first-order valence-electron chi connectivity index (χ1n) is 8.04. The number of carbonyl (C=O) groups excluding carboxylic acids is 2. The molecular formula is C17H20Cl2N2O3. The number of phenols is 1. The van der Waals surface area contributed by atoms with Gasteiger partial charge in [0.15, 0.2) is 0 Å². The Labute approximate surface area is 150 Å². The van der Waals surface area contributed by atoms with E-state index in [0.717, 1.165) is 38.5 Å². The number of carbonyl (C=O) groups is 2. The molecule has 130 valence electrons. The zero-order valence-electron chi connectivity index (χ0n) is 13.4. The summed E-state index contributed by atoms with van der Waals surface area (Å²) in [6.45, 7) is 0. The maximum Gasteiger partial charge on any atom is 0.255 e. The molecule has 0 aliphatic heterocycles. The van der Waals surface area contributed by atoms with Crippen LogP contribution in [0.2, 0.25) is 10.0 Å². The molecule has 2 bridgehead atoms. The molecule has 1 aromatic carbocycles. The van der Waals surface area contributed by atoms with Crippen molar-refractivity contribution in [3.8, 4) is 5.75 Å². The molecule has 3 saturated carbocycles. The third-order valence-electron chi connectivity index (χ3n) is 5.61. The average molecular weight is 371 g/mol. The van der Waals surface area contributed by atoms with Gasteiger partial charge in [-0.1, -0.05) is 23.2 Å². The summed E-state index contributed by atoms with van der Waals surface area (Å²) < 4.78 is 0. The molecule has 0 heterocycles. The van der Waals surface area contributed by atoms with Crippen molar-refractivity contribution >= 4 is 35.0 Å². The lowest BCUT2D eigenvalue weighted by molar-refractivity contribution is -0.137. The van der Waals surface area contributed by atoms with Gasteiger partial charge in [0.25, 0.3) is 5.91 Å². The summed E-state index contributed by atoms with van der Waals surface area (Å²) in [5, 5.41) is 16.2. The predicted molar refractivity (Wildman–Crippen MR) is 92.5 cm³/mol. The largest absolute Gasteiger partial charge is 0.506 e. The van der Waals surface area contributed by atoms with Gasteiger partial charge in [-0.05, 0) is 50.7 Å². The van der Waals surface area contributed by atoms with Gasteiger partial charge in [-0.3, -0.25) is 9.59 Å². The summed E-state index contributed by atoms with van der Waals surface area (Å²) in [6.07, 6.45) is 4.53. The van der Waals surface area contributed by atoms with Gasteiger partial charge in [0.1, 0.15) is 5.75 Å². The van der Waals surface area contributed by atoms with Gasteiger partial charge in [-0.2, -0.15) is 0 Å². The Morgan fingerprint density at radius 3 is 2.21 bits per heavy atom. The maximum absolute atomic E-state index is 12.6. The molecular weight excluding hydrogens is 351 g/mol. The van der Waals surface area contributed by atoms with Crippen LogP contribution in [0.25, 0.3) is 0 Å². The van der Waals surface area contributed by atoms with Crippen molar-refractivity contribution in [1.82, 2.24) is 10.6 Å². The molecule has 0 spiro atoms. The summed E-state index contributed by atoms with van der Waals surface area (Å²) >= 11 is 11.8. The van der Waals surface area contributed by atoms with E-state index < -0.39 is 0 Å². The Morgan fingerprint density at radius 1 is 1.08 bits per heavy atom. The smallest absolute Gasteiger partial charge is 0.255 e. The molecule has 0 aromatic heterocycles. The van der Waals surface area contributed by atoms with Crippen LogP contribution in [-0.4, -0.2) is 29.5 Å². The minimum absolute atomic E-state index is 0.0519. The standard InChI is InChI=1S/C17H20Cl2N2O3/c1-20-15(24)16-2-5-17(6-3-16,7-4-16)21-14(23)11-8-10(18)9-12(19)13(11)22/h8-9,22H,2-7H2,1H3,(H,20,24)(H,21,23). The fourth-order valence-corrected chi connectivity index (χ4v) is 4.52. The Kier molecular flexibility index (Phi) is 4.43. The van der Waals surface area contributed by atoms with Crippen molar-refractivity contribution in [3.63, 3.8) is 0 Å². The Hall–Kier alpha value is -1.46. The molecule has 3 fully saturated rings. The van der Waals surface area contributed by atoms with Crippen LogP contribution in [0.4, 0.5) is 0 Å². The third kappa shape index (κ3) is 2.84.